The zero-order valence-corrected chi connectivity index (χ0v) is 16.6. The van der Waals surface area contributed by atoms with E-state index in [4.69, 9.17) is 27.9 Å². The smallest absolute Gasteiger partial charge is 0.331 e. The fourth-order valence-electron chi connectivity index (χ4n) is 1.89. The number of amides is 3. The molecular formula is C17H11Cl2N3O3S2. The minimum atomic E-state index is -0.618. The Balaban J connectivity index is 1.57. The van der Waals surface area contributed by atoms with Gasteiger partial charge in [-0.2, -0.15) is 0 Å². The average Bonchev–Trinajstić information content (AvgIpc) is 3.18. The van der Waals surface area contributed by atoms with Gasteiger partial charge in [-0.3, -0.25) is 14.8 Å². The number of carbonyl (C=O) groups is 2. The van der Waals surface area contributed by atoms with Crippen molar-refractivity contribution in [1.29, 1.82) is 0 Å². The molecule has 0 aliphatic heterocycles. The lowest BCUT2D eigenvalue weighted by Crippen LogP contribution is -2.35. The zero-order chi connectivity index (χ0) is 19.2. The largest absolute Gasteiger partial charge is 0.438 e. The summed E-state index contributed by atoms with van der Waals surface area (Å²) in [4.78, 5) is 28.8. The number of urea groups is 1. The van der Waals surface area contributed by atoms with Crippen molar-refractivity contribution in [2.24, 2.45) is 0 Å². The summed E-state index contributed by atoms with van der Waals surface area (Å²) in [6.45, 7) is 0. The highest BCUT2D eigenvalue weighted by molar-refractivity contribution is 7.98. The average molecular weight is 440 g/mol. The van der Waals surface area contributed by atoms with E-state index in [0.717, 1.165) is 11.9 Å². The summed E-state index contributed by atoms with van der Waals surface area (Å²) >= 11 is 14.1. The number of carbonyl (C=O) groups excluding carboxylic acids is 2. The Morgan fingerprint density at radius 1 is 1.15 bits per heavy atom. The molecule has 138 valence electrons. The molecule has 2 heterocycles. The third-order valence-electron chi connectivity index (χ3n) is 3.03. The summed E-state index contributed by atoms with van der Waals surface area (Å²) in [6.07, 6.45) is 1.43. The van der Waals surface area contributed by atoms with Crippen molar-refractivity contribution < 1.29 is 14.3 Å². The highest BCUT2D eigenvalue weighted by atomic mass is 35.5. The predicted octanol–water partition coefficient (Wildman–Crippen LogP) is 5.39. The van der Waals surface area contributed by atoms with E-state index in [1.807, 2.05) is 0 Å². The molecule has 3 rings (SSSR count). The Morgan fingerprint density at radius 2 is 2.00 bits per heavy atom. The lowest BCUT2D eigenvalue weighted by atomic mass is 10.3. The standard InChI is InChI=1S/C17H11Cl2N3O3S2/c18-10-7-13(19)16(20-9-10)25-11-3-1-4-12(8-11)27-22-17(24)21-15(23)14-5-2-6-26-14/h1-9H,(H2,21,22,23,24). The fraction of sp³-hybridized carbons (Fsp3) is 0. The second kappa shape index (κ2) is 9.09. The molecular weight excluding hydrogens is 429 g/mol. The Labute approximate surface area is 173 Å². The number of hydrogen-bond acceptors (Lipinski definition) is 6. The molecule has 6 nitrogen and oxygen atoms in total. The van der Waals surface area contributed by atoms with Crippen LogP contribution in [-0.4, -0.2) is 16.9 Å². The van der Waals surface area contributed by atoms with Crippen LogP contribution in [0, 0.1) is 0 Å². The molecule has 1 aromatic carbocycles. The Hall–Kier alpha value is -2.26. The molecule has 0 atom stereocenters. The number of hydrogen-bond donors (Lipinski definition) is 2. The van der Waals surface area contributed by atoms with Crippen LogP contribution in [-0.2, 0) is 0 Å². The van der Waals surface area contributed by atoms with Crippen molar-refractivity contribution in [1.82, 2.24) is 15.0 Å². The molecule has 0 spiro atoms. The van der Waals surface area contributed by atoms with E-state index in [0.29, 0.717) is 20.5 Å². The first-order valence-electron chi connectivity index (χ1n) is 7.42. The topological polar surface area (TPSA) is 80.3 Å². The van der Waals surface area contributed by atoms with Crippen LogP contribution in [0.4, 0.5) is 4.79 Å². The van der Waals surface area contributed by atoms with Gasteiger partial charge in [0.15, 0.2) is 0 Å². The van der Waals surface area contributed by atoms with Crippen LogP contribution < -0.4 is 14.8 Å². The van der Waals surface area contributed by atoms with Gasteiger partial charge >= 0.3 is 6.03 Å². The summed E-state index contributed by atoms with van der Waals surface area (Å²) in [5, 5.41) is 4.70. The number of nitrogens with zero attached hydrogens (tertiary/aromatic N) is 1. The fourth-order valence-corrected chi connectivity index (χ4v) is 3.51. The zero-order valence-electron chi connectivity index (χ0n) is 13.4. The molecule has 0 unspecified atom stereocenters. The Morgan fingerprint density at radius 3 is 2.74 bits per heavy atom. The van der Waals surface area contributed by atoms with E-state index in [2.05, 4.69) is 15.0 Å². The molecule has 0 bridgehead atoms. The third kappa shape index (κ3) is 5.61. The maximum absolute atomic E-state index is 11.8. The van der Waals surface area contributed by atoms with Crippen molar-refractivity contribution in [3.63, 3.8) is 0 Å². The minimum Gasteiger partial charge on any atom is -0.438 e. The second-order valence-corrected chi connectivity index (χ2v) is 7.65. The normalized spacial score (nSPS) is 10.3. The lowest BCUT2D eigenvalue weighted by Gasteiger charge is -2.09. The van der Waals surface area contributed by atoms with Gasteiger partial charge in [-0.1, -0.05) is 35.3 Å². The Bertz CT molecular complexity index is 968. The van der Waals surface area contributed by atoms with Crippen LogP contribution in [0.15, 0.2) is 58.9 Å². The van der Waals surface area contributed by atoms with E-state index >= 15 is 0 Å². The first-order valence-corrected chi connectivity index (χ1v) is 9.87. The molecule has 2 aromatic heterocycles. The van der Waals surface area contributed by atoms with Crippen LogP contribution in [0.5, 0.6) is 11.6 Å². The molecule has 0 aliphatic rings. The van der Waals surface area contributed by atoms with Gasteiger partial charge in [0, 0.05) is 11.1 Å². The van der Waals surface area contributed by atoms with Crippen molar-refractivity contribution in [3.8, 4) is 11.6 Å². The number of imide groups is 1. The van der Waals surface area contributed by atoms with Gasteiger partial charge < -0.3 is 4.74 Å². The maximum atomic E-state index is 11.8. The number of aromatic nitrogens is 1. The highest BCUT2D eigenvalue weighted by Gasteiger charge is 2.11. The molecule has 0 radical (unpaired) electrons. The molecule has 0 saturated carbocycles. The van der Waals surface area contributed by atoms with Gasteiger partial charge in [-0.05, 0) is 47.7 Å². The molecule has 10 heteroatoms. The van der Waals surface area contributed by atoms with Gasteiger partial charge in [-0.25, -0.2) is 9.78 Å². The quantitative estimate of drug-likeness (QED) is 0.520. The number of ether oxygens (including phenoxy) is 1. The Kier molecular flexibility index (Phi) is 6.57. The van der Waals surface area contributed by atoms with Gasteiger partial charge in [0.25, 0.3) is 5.91 Å². The minimum absolute atomic E-state index is 0.218. The summed E-state index contributed by atoms with van der Waals surface area (Å²) in [7, 11) is 0. The number of benzene rings is 1. The van der Waals surface area contributed by atoms with Crippen molar-refractivity contribution in [2.45, 2.75) is 4.90 Å². The van der Waals surface area contributed by atoms with E-state index in [9.17, 15) is 9.59 Å². The van der Waals surface area contributed by atoms with Crippen LogP contribution in [0.1, 0.15) is 9.67 Å². The van der Waals surface area contributed by atoms with Gasteiger partial charge in [-0.15, -0.1) is 11.3 Å². The molecule has 3 amide bonds. The monoisotopic (exact) mass is 439 g/mol. The summed E-state index contributed by atoms with van der Waals surface area (Å²) in [5.74, 6) is 0.243. The predicted molar refractivity (Wildman–Crippen MR) is 107 cm³/mol. The van der Waals surface area contributed by atoms with E-state index < -0.39 is 11.9 Å². The molecule has 0 aliphatic carbocycles. The first kappa shape index (κ1) is 19.5. The van der Waals surface area contributed by atoms with Gasteiger partial charge in [0.1, 0.15) is 10.8 Å². The highest BCUT2D eigenvalue weighted by Crippen LogP contribution is 2.30. The van der Waals surface area contributed by atoms with Crippen LogP contribution >= 0.6 is 46.5 Å². The number of thiophene rings is 1. The van der Waals surface area contributed by atoms with E-state index in [-0.39, 0.29) is 10.9 Å². The first-order chi connectivity index (χ1) is 13.0. The van der Waals surface area contributed by atoms with E-state index in [1.54, 1.807) is 41.8 Å². The summed E-state index contributed by atoms with van der Waals surface area (Å²) in [5.41, 5.74) is 0. The summed E-state index contributed by atoms with van der Waals surface area (Å²) in [6, 6.07) is 11.2. The van der Waals surface area contributed by atoms with Gasteiger partial charge in [0.2, 0.25) is 5.88 Å². The maximum Gasteiger partial charge on any atom is 0.331 e. The van der Waals surface area contributed by atoms with Crippen LogP contribution in [0.3, 0.4) is 0 Å². The number of nitrogens with one attached hydrogen (secondary N) is 2. The van der Waals surface area contributed by atoms with Crippen molar-refractivity contribution in [2.75, 3.05) is 0 Å². The van der Waals surface area contributed by atoms with Crippen LogP contribution in [0.2, 0.25) is 10.0 Å². The second-order valence-electron chi connectivity index (χ2n) is 4.98. The van der Waals surface area contributed by atoms with E-state index in [1.165, 1.54) is 23.6 Å². The number of pyridine rings is 1. The third-order valence-corrected chi connectivity index (χ3v) is 5.15. The van der Waals surface area contributed by atoms with Crippen LogP contribution in [0.25, 0.3) is 0 Å². The molecule has 27 heavy (non-hydrogen) atoms. The van der Waals surface area contributed by atoms with Crippen molar-refractivity contribution in [3.05, 3.63) is 69.0 Å². The SMILES string of the molecule is O=C(NSc1cccc(Oc2ncc(Cl)cc2Cl)c1)NC(=O)c1cccs1. The van der Waals surface area contributed by atoms with Crippen molar-refractivity contribution >= 4 is 58.4 Å². The number of halogens is 2. The van der Waals surface area contributed by atoms with Gasteiger partial charge in [0.05, 0.1) is 9.90 Å². The lowest BCUT2D eigenvalue weighted by molar-refractivity contribution is 0.0969. The summed E-state index contributed by atoms with van der Waals surface area (Å²) < 4.78 is 8.17. The molecule has 0 fully saturated rings. The molecule has 0 saturated heterocycles. The number of rotatable bonds is 5. The molecule has 2 N–H and O–H groups in total. The molecule has 3 aromatic rings.